The van der Waals surface area contributed by atoms with Gasteiger partial charge in [-0.15, -0.1) is 0 Å². The molecule has 0 amide bonds. The Bertz CT molecular complexity index is 245. The van der Waals surface area contributed by atoms with Crippen LogP contribution in [0.3, 0.4) is 0 Å². The summed E-state index contributed by atoms with van der Waals surface area (Å²) in [4.78, 5) is 20.9. The standard InChI is InChI=1S/C8H12BNO4/c9-7(8(11)12)5-3-1-2-4-6(5)10(13)14/h5-7H,1-4H2,(H,11,12)/t5-,6-,7+/m1/s1. The summed E-state index contributed by atoms with van der Waals surface area (Å²) in [5.74, 6) is -2.77. The number of carboxylic acid groups (broad SMARTS) is 1. The average Bonchev–Trinajstić information content (AvgIpc) is 2.16. The molecule has 76 valence electrons. The predicted molar refractivity (Wildman–Crippen MR) is 49.9 cm³/mol. The third kappa shape index (κ3) is 2.24. The van der Waals surface area contributed by atoms with Gasteiger partial charge in [0.1, 0.15) is 0 Å². The average molecular weight is 197 g/mol. The van der Waals surface area contributed by atoms with Gasteiger partial charge >= 0.3 is 0 Å². The molecule has 0 aromatic heterocycles. The number of carbonyl (C=O) groups is 1. The molecule has 1 aliphatic carbocycles. The molecule has 0 bridgehead atoms. The highest BCUT2D eigenvalue weighted by atomic mass is 16.6. The Labute approximate surface area is 83.0 Å². The van der Waals surface area contributed by atoms with E-state index in [2.05, 4.69) is 0 Å². The second-order valence-electron chi connectivity index (χ2n) is 3.67. The van der Waals surface area contributed by atoms with E-state index >= 15 is 0 Å². The molecule has 0 aromatic carbocycles. The summed E-state index contributed by atoms with van der Waals surface area (Å²) in [6.45, 7) is 0. The topological polar surface area (TPSA) is 80.4 Å². The Morgan fingerprint density at radius 1 is 1.50 bits per heavy atom. The smallest absolute Gasteiger partial charge is 0.298 e. The lowest BCUT2D eigenvalue weighted by Gasteiger charge is -2.28. The highest BCUT2D eigenvalue weighted by Crippen LogP contribution is 2.33. The number of hydrogen-bond acceptors (Lipinski definition) is 3. The van der Waals surface area contributed by atoms with Crippen LogP contribution in [0.25, 0.3) is 0 Å². The maximum Gasteiger partial charge on any atom is 0.298 e. The van der Waals surface area contributed by atoms with E-state index in [1.54, 1.807) is 0 Å². The number of carboxylic acids is 1. The lowest BCUT2D eigenvalue weighted by Crippen LogP contribution is -2.37. The summed E-state index contributed by atoms with van der Waals surface area (Å²) in [5.41, 5.74) is 0. The molecule has 0 aromatic rings. The Hall–Kier alpha value is -1.07. The van der Waals surface area contributed by atoms with Gasteiger partial charge in [0.15, 0.2) is 0 Å². The fourth-order valence-corrected chi connectivity index (χ4v) is 2.00. The van der Waals surface area contributed by atoms with E-state index < -0.39 is 28.7 Å². The van der Waals surface area contributed by atoms with Crippen molar-refractivity contribution in [2.45, 2.75) is 37.5 Å². The zero-order valence-electron chi connectivity index (χ0n) is 7.76. The quantitative estimate of drug-likeness (QED) is 0.413. The van der Waals surface area contributed by atoms with Crippen LogP contribution in [0.1, 0.15) is 25.7 Å². The van der Waals surface area contributed by atoms with Crippen LogP contribution >= 0.6 is 0 Å². The van der Waals surface area contributed by atoms with Crippen LogP contribution in [0.5, 0.6) is 0 Å². The van der Waals surface area contributed by atoms with Gasteiger partial charge in [0.2, 0.25) is 6.04 Å². The normalized spacial score (nSPS) is 29.4. The molecule has 14 heavy (non-hydrogen) atoms. The molecular weight excluding hydrogens is 185 g/mol. The molecule has 0 unspecified atom stereocenters. The van der Waals surface area contributed by atoms with E-state index in [1.807, 2.05) is 0 Å². The maximum absolute atomic E-state index is 10.6. The summed E-state index contributed by atoms with van der Waals surface area (Å²) in [7, 11) is 5.42. The fourth-order valence-electron chi connectivity index (χ4n) is 2.00. The van der Waals surface area contributed by atoms with Gasteiger partial charge in [-0.25, -0.2) is 0 Å². The van der Waals surface area contributed by atoms with Gasteiger partial charge in [-0.2, -0.15) is 0 Å². The van der Waals surface area contributed by atoms with Crippen molar-refractivity contribution in [1.82, 2.24) is 0 Å². The number of hydrogen-bond donors (Lipinski definition) is 1. The molecule has 3 atom stereocenters. The minimum absolute atomic E-state index is 0.396. The van der Waals surface area contributed by atoms with Gasteiger partial charge in [0, 0.05) is 23.1 Å². The zero-order valence-corrected chi connectivity index (χ0v) is 7.76. The lowest BCUT2D eigenvalue weighted by molar-refractivity contribution is -0.535. The van der Waals surface area contributed by atoms with Crippen LogP contribution in [-0.2, 0) is 4.79 Å². The van der Waals surface area contributed by atoms with E-state index in [0.717, 1.165) is 12.8 Å². The molecule has 1 rings (SSSR count). The summed E-state index contributed by atoms with van der Waals surface area (Å²) in [5, 5.41) is 19.3. The molecule has 1 N–H and O–H groups in total. The van der Waals surface area contributed by atoms with Crippen molar-refractivity contribution >= 4 is 13.8 Å². The van der Waals surface area contributed by atoms with Crippen molar-refractivity contribution in [3.8, 4) is 0 Å². The predicted octanol–water partition coefficient (Wildman–Crippen LogP) is 0.863. The largest absolute Gasteiger partial charge is 0.482 e. The third-order valence-corrected chi connectivity index (χ3v) is 2.80. The second-order valence-corrected chi connectivity index (χ2v) is 3.67. The van der Waals surface area contributed by atoms with Crippen LogP contribution < -0.4 is 0 Å². The van der Waals surface area contributed by atoms with Crippen LogP contribution in [0.15, 0.2) is 0 Å². The first-order valence-electron chi connectivity index (χ1n) is 4.66. The number of nitrogens with zero attached hydrogens (tertiary/aromatic N) is 1. The van der Waals surface area contributed by atoms with Crippen molar-refractivity contribution in [1.29, 1.82) is 0 Å². The van der Waals surface area contributed by atoms with Crippen LogP contribution in [0.4, 0.5) is 0 Å². The Kier molecular flexibility index (Phi) is 3.49. The van der Waals surface area contributed by atoms with E-state index in [-0.39, 0.29) is 0 Å². The minimum Gasteiger partial charge on any atom is -0.482 e. The Balaban J connectivity index is 2.72. The van der Waals surface area contributed by atoms with E-state index in [0.29, 0.717) is 12.8 Å². The molecule has 6 heteroatoms. The van der Waals surface area contributed by atoms with Gasteiger partial charge in [-0.1, -0.05) is 6.42 Å². The van der Waals surface area contributed by atoms with Crippen LogP contribution in [0, 0.1) is 16.0 Å². The van der Waals surface area contributed by atoms with Crippen molar-refractivity contribution in [3.05, 3.63) is 10.1 Å². The molecule has 1 saturated carbocycles. The van der Waals surface area contributed by atoms with Crippen molar-refractivity contribution in [2.75, 3.05) is 0 Å². The van der Waals surface area contributed by atoms with Gasteiger partial charge in [-0.3, -0.25) is 14.9 Å². The molecule has 1 fully saturated rings. The van der Waals surface area contributed by atoms with Crippen LogP contribution in [-0.4, -0.2) is 29.9 Å². The highest BCUT2D eigenvalue weighted by Gasteiger charge is 2.39. The summed E-state index contributed by atoms with van der Waals surface area (Å²) >= 11 is 0. The Morgan fingerprint density at radius 3 is 2.57 bits per heavy atom. The monoisotopic (exact) mass is 197 g/mol. The number of aliphatic carboxylic acids is 1. The summed E-state index contributed by atoms with van der Waals surface area (Å²) in [6, 6.07) is -0.783. The zero-order chi connectivity index (χ0) is 10.7. The third-order valence-electron chi connectivity index (χ3n) is 2.80. The SMILES string of the molecule is [B][C@H](C(=O)O)[C@@H]1CCCC[C@H]1[N+](=O)[O-]. The number of nitro groups is 1. The van der Waals surface area contributed by atoms with E-state index in [4.69, 9.17) is 13.0 Å². The summed E-state index contributed by atoms with van der Waals surface area (Å²) < 4.78 is 0. The highest BCUT2D eigenvalue weighted by molar-refractivity contribution is 6.22. The lowest BCUT2D eigenvalue weighted by atomic mass is 9.68. The van der Waals surface area contributed by atoms with E-state index in [9.17, 15) is 14.9 Å². The van der Waals surface area contributed by atoms with Gasteiger partial charge in [-0.05, 0) is 12.8 Å². The molecule has 0 saturated heterocycles. The van der Waals surface area contributed by atoms with Gasteiger partial charge in [0.25, 0.3) is 5.97 Å². The van der Waals surface area contributed by atoms with Crippen molar-refractivity contribution in [2.24, 2.45) is 5.92 Å². The first-order chi connectivity index (χ1) is 6.54. The van der Waals surface area contributed by atoms with Gasteiger partial charge in [0.05, 0.1) is 7.85 Å². The molecule has 1 aliphatic rings. The van der Waals surface area contributed by atoms with Crippen molar-refractivity contribution < 1.29 is 14.8 Å². The van der Waals surface area contributed by atoms with Crippen molar-refractivity contribution in [3.63, 3.8) is 0 Å². The minimum atomic E-state index is -1.15. The second kappa shape index (κ2) is 4.44. The number of rotatable bonds is 3. The molecule has 0 heterocycles. The molecular formula is C8H12BNO4. The van der Waals surface area contributed by atoms with Gasteiger partial charge < -0.3 is 5.11 Å². The fraction of sp³-hybridized carbons (Fsp3) is 0.875. The Morgan fingerprint density at radius 2 is 2.07 bits per heavy atom. The van der Waals surface area contributed by atoms with E-state index in [1.165, 1.54) is 0 Å². The molecule has 0 spiro atoms. The van der Waals surface area contributed by atoms with Crippen LogP contribution in [0.2, 0.25) is 5.82 Å². The molecule has 0 aliphatic heterocycles. The maximum atomic E-state index is 10.6. The first-order valence-corrected chi connectivity index (χ1v) is 4.66. The molecule has 5 nitrogen and oxygen atoms in total. The first kappa shape index (κ1) is 11.0. The molecule has 2 radical (unpaired) electrons. The summed E-state index contributed by atoms with van der Waals surface area (Å²) in [6.07, 6.45) is 2.60.